The number of aromatic nitrogens is 2. The van der Waals surface area contributed by atoms with Crippen LogP contribution in [0.2, 0.25) is 0 Å². The Bertz CT molecular complexity index is 512. The van der Waals surface area contributed by atoms with E-state index in [0.29, 0.717) is 0 Å². The van der Waals surface area contributed by atoms with Crippen LogP contribution < -0.4 is 0 Å². The summed E-state index contributed by atoms with van der Waals surface area (Å²) in [5, 5.41) is 9.18. The van der Waals surface area contributed by atoms with Crippen LogP contribution in [0.15, 0.2) is 24.8 Å². The Morgan fingerprint density at radius 3 is 2.32 bits per heavy atom. The Balaban J connectivity index is 1.78. The number of imidazole rings is 1. The van der Waals surface area contributed by atoms with E-state index in [1.165, 1.54) is 44.2 Å². The van der Waals surface area contributed by atoms with Crippen molar-refractivity contribution in [2.45, 2.75) is 38.5 Å². The lowest BCUT2D eigenvalue weighted by atomic mass is 9.48. The van der Waals surface area contributed by atoms with Crippen LogP contribution in [0.4, 0.5) is 0 Å². The maximum absolute atomic E-state index is 9.18. The molecule has 0 N–H and O–H groups in total. The summed E-state index contributed by atoms with van der Waals surface area (Å²) in [7, 11) is 0. The van der Waals surface area contributed by atoms with Gasteiger partial charge in [-0.1, -0.05) is 0 Å². The van der Waals surface area contributed by atoms with Gasteiger partial charge in [-0.25, -0.2) is 4.98 Å². The zero-order valence-electron chi connectivity index (χ0n) is 11.1. The number of nitrogens with zero attached hydrogens (tertiary/aromatic N) is 3. The zero-order valence-corrected chi connectivity index (χ0v) is 11.1. The van der Waals surface area contributed by atoms with E-state index in [2.05, 4.69) is 15.6 Å². The summed E-state index contributed by atoms with van der Waals surface area (Å²) in [4.78, 5) is 4.17. The second-order valence-corrected chi connectivity index (χ2v) is 6.83. The van der Waals surface area contributed by atoms with Crippen molar-refractivity contribution in [1.29, 1.82) is 5.26 Å². The van der Waals surface area contributed by atoms with Gasteiger partial charge in [0, 0.05) is 29.6 Å². The minimum Gasteiger partial charge on any atom is -0.309 e. The fourth-order valence-corrected chi connectivity index (χ4v) is 5.39. The highest BCUT2D eigenvalue weighted by Crippen LogP contribution is 2.63. The summed E-state index contributed by atoms with van der Waals surface area (Å²) in [6.45, 7) is 0. The molecule has 4 fully saturated rings. The van der Waals surface area contributed by atoms with Gasteiger partial charge in [-0.15, -0.1) is 0 Å². The molecule has 0 unspecified atom stereocenters. The summed E-state index contributed by atoms with van der Waals surface area (Å²) < 4.78 is 2.08. The van der Waals surface area contributed by atoms with Crippen molar-refractivity contribution < 1.29 is 0 Å². The molecule has 0 amide bonds. The Kier molecular flexibility index (Phi) is 2.35. The van der Waals surface area contributed by atoms with Crippen LogP contribution in [0.1, 0.15) is 38.5 Å². The molecule has 1 aromatic heterocycles. The van der Waals surface area contributed by atoms with Crippen molar-refractivity contribution >= 4 is 5.70 Å². The van der Waals surface area contributed by atoms with Crippen molar-refractivity contribution in [3.05, 3.63) is 24.8 Å². The second-order valence-electron chi connectivity index (χ2n) is 6.83. The predicted octanol–water partition coefficient (Wildman–Crippen LogP) is 3.46. The number of rotatable bonds is 2. The molecule has 0 saturated heterocycles. The minimum atomic E-state index is 0.255. The average Bonchev–Trinajstić information content (AvgIpc) is 2.87. The largest absolute Gasteiger partial charge is 0.309 e. The summed E-state index contributed by atoms with van der Waals surface area (Å²) in [6.07, 6.45) is 15.6. The molecule has 5 rings (SSSR count). The van der Waals surface area contributed by atoms with Crippen molar-refractivity contribution in [2.75, 3.05) is 0 Å². The van der Waals surface area contributed by atoms with E-state index >= 15 is 0 Å². The van der Waals surface area contributed by atoms with Gasteiger partial charge >= 0.3 is 0 Å². The van der Waals surface area contributed by atoms with Crippen LogP contribution >= 0.6 is 0 Å². The van der Waals surface area contributed by atoms with Crippen molar-refractivity contribution in [3.8, 4) is 6.07 Å². The molecule has 0 spiro atoms. The number of nitriles is 1. The molecule has 1 aromatic rings. The molecular weight excluding hydrogens is 234 g/mol. The lowest BCUT2D eigenvalue weighted by Gasteiger charge is -2.57. The predicted molar refractivity (Wildman–Crippen MR) is 72.7 cm³/mol. The molecule has 98 valence electrons. The van der Waals surface area contributed by atoms with Gasteiger partial charge in [-0.2, -0.15) is 5.26 Å². The molecular formula is C16H19N3. The highest BCUT2D eigenvalue weighted by molar-refractivity contribution is 5.56. The third kappa shape index (κ3) is 1.66. The molecule has 4 bridgehead atoms. The van der Waals surface area contributed by atoms with Crippen LogP contribution in [0.25, 0.3) is 5.70 Å². The Labute approximate surface area is 113 Å². The van der Waals surface area contributed by atoms with Gasteiger partial charge in [0.05, 0.1) is 12.4 Å². The molecule has 19 heavy (non-hydrogen) atoms. The first kappa shape index (κ1) is 11.3. The van der Waals surface area contributed by atoms with Gasteiger partial charge in [-0.05, 0) is 56.3 Å². The first-order chi connectivity index (χ1) is 9.29. The average molecular weight is 253 g/mol. The summed E-state index contributed by atoms with van der Waals surface area (Å²) in [6, 6.07) is 2.27. The van der Waals surface area contributed by atoms with E-state index in [9.17, 15) is 5.26 Å². The lowest BCUT2D eigenvalue weighted by Crippen LogP contribution is -2.47. The molecule has 4 aliphatic rings. The SMILES string of the molecule is N#C/C=C(/n1ccnc1)C12CC3CC(CC(C3)C1)C2. The maximum Gasteiger partial charge on any atom is 0.0989 e. The van der Waals surface area contributed by atoms with Gasteiger partial charge in [-0.3, -0.25) is 0 Å². The van der Waals surface area contributed by atoms with Gasteiger partial charge in [0.1, 0.15) is 0 Å². The Morgan fingerprint density at radius 1 is 1.21 bits per heavy atom. The molecule has 3 heteroatoms. The van der Waals surface area contributed by atoms with Crippen molar-refractivity contribution in [1.82, 2.24) is 9.55 Å². The monoisotopic (exact) mass is 253 g/mol. The van der Waals surface area contributed by atoms with Crippen LogP contribution in [0.3, 0.4) is 0 Å². The summed E-state index contributed by atoms with van der Waals surface area (Å²) in [5.41, 5.74) is 1.46. The first-order valence-corrected chi connectivity index (χ1v) is 7.38. The Morgan fingerprint density at radius 2 is 1.84 bits per heavy atom. The van der Waals surface area contributed by atoms with Gasteiger partial charge in [0.2, 0.25) is 0 Å². The molecule has 0 radical (unpaired) electrons. The Hall–Kier alpha value is -1.56. The molecule has 1 heterocycles. The number of hydrogen-bond donors (Lipinski definition) is 0. The van der Waals surface area contributed by atoms with E-state index < -0.39 is 0 Å². The third-order valence-electron chi connectivity index (χ3n) is 5.57. The lowest BCUT2D eigenvalue weighted by molar-refractivity contribution is -0.0205. The van der Waals surface area contributed by atoms with Crippen LogP contribution in [0.5, 0.6) is 0 Å². The zero-order chi connectivity index (χ0) is 12.9. The van der Waals surface area contributed by atoms with Gasteiger partial charge in [0.25, 0.3) is 0 Å². The summed E-state index contributed by atoms with van der Waals surface area (Å²) in [5.74, 6) is 2.70. The summed E-state index contributed by atoms with van der Waals surface area (Å²) >= 11 is 0. The standard InChI is InChI=1S/C16H19N3/c17-2-1-15(19-4-3-18-11-19)16-8-12-5-13(9-16)7-14(6-12)10-16/h1,3-4,11-14H,5-10H2/b15-1+. The third-order valence-corrected chi connectivity index (χ3v) is 5.57. The minimum absolute atomic E-state index is 0.255. The molecule has 0 aromatic carbocycles. The molecule has 3 nitrogen and oxygen atoms in total. The molecule has 0 atom stereocenters. The topological polar surface area (TPSA) is 41.6 Å². The number of hydrogen-bond acceptors (Lipinski definition) is 2. The fourth-order valence-electron chi connectivity index (χ4n) is 5.39. The van der Waals surface area contributed by atoms with Crippen LogP contribution in [-0.4, -0.2) is 9.55 Å². The fraction of sp³-hybridized carbons (Fsp3) is 0.625. The van der Waals surface area contributed by atoms with E-state index in [-0.39, 0.29) is 5.41 Å². The normalized spacial score (nSPS) is 40.4. The van der Waals surface area contributed by atoms with E-state index in [0.717, 1.165) is 17.8 Å². The van der Waals surface area contributed by atoms with Gasteiger partial charge < -0.3 is 4.57 Å². The van der Waals surface area contributed by atoms with Crippen LogP contribution in [0, 0.1) is 34.5 Å². The highest BCUT2D eigenvalue weighted by atomic mass is 15.0. The second kappa shape index (κ2) is 3.96. The van der Waals surface area contributed by atoms with E-state index in [1.807, 2.05) is 18.7 Å². The van der Waals surface area contributed by atoms with E-state index in [1.54, 1.807) is 6.08 Å². The molecule has 4 aliphatic carbocycles. The van der Waals surface area contributed by atoms with Crippen LogP contribution in [-0.2, 0) is 0 Å². The van der Waals surface area contributed by atoms with E-state index in [4.69, 9.17) is 0 Å². The number of allylic oxidation sites excluding steroid dienone is 2. The maximum atomic E-state index is 9.18. The molecule has 0 aliphatic heterocycles. The van der Waals surface area contributed by atoms with Crippen molar-refractivity contribution in [2.24, 2.45) is 23.2 Å². The quantitative estimate of drug-likeness (QED) is 0.757. The highest BCUT2D eigenvalue weighted by Gasteiger charge is 2.52. The van der Waals surface area contributed by atoms with Crippen molar-refractivity contribution in [3.63, 3.8) is 0 Å². The molecule has 4 saturated carbocycles. The smallest absolute Gasteiger partial charge is 0.0989 e. The first-order valence-electron chi connectivity index (χ1n) is 7.38. The van der Waals surface area contributed by atoms with Gasteiger partial charge in [0.15, 0.2) is 0 Å².